The van der Waals surface area contributed by atoms with Gasteiger partial charge < -0.3 is 14.4 Å². The monoisotopic (exact) mass is 220 g/mol. The van der Waals surface area contributed by atoms with Gasteiger partial charge in [0.05, 0.1) is 12.8 Å². The molecule has 2 rings (SSSR count). The van der Waals surface area contributed by atoms with Crippen molar-refractivity contribution < 1.29 is 14.4 Å². The van der Waals surface area contributed by atoms with Gasteiger partial charge in [-0.25, -0.2) is 0 Å². The molecular weight excluding hydrogens is 208 g/mol. The number of aliphatic hydroxyl groups excluding tert-OH is 1. The molecule has 0 aliphatic heterocycles. The van der Waals surface area contributed by atoms with Gasteiger partial charge in [-0.2, -0.15) is 0 Å². The van der Waals surface area contributed by atoms with Crippen LogP contribution in [-0.4, -0.2) is 15.2 Å². The highest BCUT2D eigenvalue weighted by atomic mass is 16.5. The fraction of sp³-hybridized carbons (Fsp3) is 0.273. The number of ether oxygens (including phenoxy) is 1. The van der Waals surface area contributed by atoms with Gasteiger partial charge in [0.15, 0.2) is 5.76 Å². The lowest BCUT2D eigenvalue weighted by Gasteiger charge is -2.08. The predicted octanol–water partition coefficient (Wildman–Crippen LogP) is 1.45. The molecule has 2 aromatic rings. The lowest BCUT2D eigenvalue weighted by atomic mass is 10.3. The van der Waals surface area contributed by atoms with Crippen LogP contribution >= 0.6 is 0 Å². The van der Waals surface area contributed by atoms with Crippen LogP contribution in [0.2, 0.25) is 0 Å². The van der Waals surface area contributed by atoms with Crippen LogP contribution < -0.4 is 4.74 Å². The summed E-state index contributed by atoms with van der Waals surface area (Å²) in [5.41, 5.74) is 1.37. The van der Waals surface area contributed by atoms with E-state index < -0.39 is 0 Å². The quantitative estimate of drug-likeness (QED) is 0.844. The topological polar surface area (TPSA) is 68.4 Å². The summed E-state index contributed by atoms with van der Waals surface area (Å²) in [5, 5.41) is 12.7. The minimum Gasteiger partial charge on any atom is -0.484 e. The van der Waals surface area contributed by atoms with Gasteiger partial charge in [0.1, 0.15) is 18.1 Å². The minimum atomic E-state index is -0.145. The highest BCUT2D eigenvalue weighted by Gasteiger charge is 2.06. The zero-order valence-corrected chi connectivity index (χ0v) is 8.88. The van der Waals surface area contributed by atoms with Gasteiger partial charge in [0.25, 0.3) is 0 Å². The summed E-state index contributed by atoms with van der Waals surface area (Å²) in [6, 6.07) is 5.33. The van der Waals surface area contributed by atoms with Gasteiger partial charge >= 0.3 is 0 Å². The van der Waals surface area contributed by atoms with Crippen molar-refractivity contribution in [1.29, 1.82) is 0 Å². The highest BCUT2D eigenvalue weighted by molar-refractivity contribution is 5.28. The lowest BCUT2D eigenvalue weighted by molar-refractivity contribution is 0.230. The second-order valence-electron chi connectivity index (χ2n) is 3.32. The average Bonchev–Trinajstić information content (AvgIpc) is 2.80. The summed E-state index contributed by atoms with van der Waals surface area (Å²) in [6.45, 7) is 1.99. The van der Waals surface area contributed by atoms with E-state index in [1.165, 1.54) is 0 Å². The molecule has 0 atom stereocenters. The number of pyridine rings is 1. The zero-order valence-electron chi connectivity index (χ0n) is 8.88. The summed E-state index contributed by atoms with van der Waals surface area (Å²) in [7, 11) is 0. The molecule has 0 aliphatic rings. The van der Waals surface area contributed by atoms with Crippen LogP contribution in [0.15, 0.2) is 28.9 Å². The molecule has 2 heterocycles. The second-order valence-corrected chi connectivity index (χ2v) is 3.32. The van der Waals surface area contributed by atoms with Gasteiger partial charge in [-0.3, -0.25) is 4.98 Å². The van der Waals surface area contributed by atoms with E-state index >= 15 is 0 Å². The Hall–Kier alpha value is -1.88. The molecule has 0 saturated carbocycles. The third kappa shape index (κ3) is 2.38. The number of aryl methyl sites for hydroxylation is 1. The van der Waals surface area contributed by atoms with Gasteiger partial charge in [0.2, 0.25) is 0 Å². The van der Waals surface area contributed by atoms with Crippen LogP contribution in [0.25, 0.3) is 0 Å². The van der Waals surface area contributed by atoms with Crippen molar-refractivity contribution in [2.75, 3.05) is 0 Å². The van der Waals surface area contributed by atoms with Crippen LogP contribution in [0, 0.1) is 6.92 Å². The lowest BCUT2D eigenvalue weighted by Crippen LogP contribution is -2.00. The molecule has 0 unspecified atom stereocenters. The summed E-state index contributed by atoms with van der Waals surface area (Å²) in [4.78, 5) is 4.17. The van der Waals surface area contributed by atoms with Crippen LogP contribution in [-0.2, 0) is 13.2 Å². The SMILES string of the molecule is Cc1ccc(OCc2ccno2)c(CO)n1. The maximum absolute atomic E-state index is 9.12. The maximum atomic E-state index is 9.12. The van der Waals surface area contributed by atoms with E-state index in [9.17, 15) is 0 Å². The van der Waals surface area contributed by atoms with E-state index in [1.807, 2.05) is 13.0 Å². The number of nitrogens with zero attached hydrogens (tertiary/aromatic N) is 2. The van der Waals surface area contributed by atoms with Crippen LogP contribution in [0.3, 0.4) is 0 Å². The molecule has 0 amide bonds. The van der Waals surface area contributed by atoms with Crippen LogP contribution in [0.1, 0.15) is 17.1 Å². The third-order valence-corrected chi connectivity index (χ3v) is 2.08. The number of hydrogen-bond donors (Lipinski definition) is 1. The Labute approximate surface area is 92.7 Å². The first-order valence-corrected chi connectivity index (χ1v) is 4.89. The number of aromatic nitrogens is 2. The first kappa shape index (κ1) is 10.6. The Morgan fingerprint density at radius 2 is 2.25 bits per heavy atom. The van der Waals surface area contributed by atoms with Crippen molar-refractivity contribution in [2.45, 2.75) is 20.1 Å². The Morgan fingerprint density at radius 1 is 1.38 bits per heavy atom. The van der Waals surface area contributed by atoms with Gasteiger partial charge in [-0.1, -0.05) is 5.16 Å². The zero-order chi connectivity index (χ0) is 11.4. The maximum Gasteiger partial charge on any atom is 0.174 e. The first-order valence-electron chi connectivity index (χ1n) is 4.89. The summed E-state index contributed by atoms with van der Waals surface area (Å²) in [6.07, 6.45) is 1.55. The molecule has 5 heteroatoms. The molecule has 16 heavy (non-hydrogen) atoms. The van der Waals surface area contributed by atoms with E-state index in [-0.39, 0.29) is 13.2 Å². The summed E-state index contributed by atoms with van der Waals surface area (Å²) < 4.78 is 10.4. The van der Waals surface area contributed by atoms with Crippen molar-refractivity contribution in [3.05, 3.63) is 41.5 Å². The van der Waals surface area contributed by atoms with E-state index in [4.69, 9.17) is 14.4 Å². The van der Waals surface area contributed by atoms with Crippen LogP contribution in [0.5, 0.6) is 5.75 Å². The first-order chi connectivity index (χ1) is 7.79. The van der Waals surface area contributed by atoms with Crippen molar-refractivity contribution in [3.63, 3.8) is 0 Å². The molecule has 84 valence electrons. The molecule has 0 radical (unpaired) electrons. The number of hydrogen-bond acceptors (Lipinski definition) is 5. The Balaban J connectivity index is 2.09. The van der Waals surface area contributed by atoms with Gasteiger partial charge in [-0.05, 0) is 19.1 Å². The number of rotatable bonds is 4. The molecular formula is C11H12N2O3. The number of aliphatic hydroxyl groups is 1. The molecule has 0 saturated heterocycles. The highest BCUT2D eigenvalue weighted by Crippen LogP contribution is 2.18. The van der Waals surface area contributed by atoms with E-state index in [0.717, 1.165) is 5.69 Å². The van der Waals surface area contributed by atoms with Crippen molar-refractivity contribution >= 4 is 0 Å². The standard InChI is InChI=1S/C11H12N2O3/c1-8-2-3-11(10(6-14)13-8)15-7-9-4-5-12-16-9/h2-5,14H,6-7H2,1H3. The minimum absolute atomic E-state index is 0.145. The fourth-order valence-electron chi connectivity index (χ4n) is 1.31. The Kier molecular flexibility index (Phi) is 3.16. The summed E-state index contributed by atoms with van der Waals surface area (Å²) in [5.74, 6) is 1.19. The van der Waals surface area contributed by atoms with E-state index in [2.05, 4.69) is 10.1 Å². The van der Waals surface area contributed by atoms with E-state index in [1.54, 1.807) is 18.3 Å². The largest absolute Gasteiger partial charge is 0.484 e. The van der Waals surface area contributed by atoms with Crippen LogP contribution in [0.4, 0.5) is 0 Å². The second kappa shape index (κ2) is 4.76. The van der Waals surface area contributed by atoms with Gasteiger partial charge in [0, 0.05) is 11.8 Å². The Bertz CT molecular complexity index is 454. The van der Waals surface area contributed by atoms with Crippen molar-refractivity contribution in [1.82, 2.24) is 10.1 Å². The fourth-order valence-corrected chi connectivity index (χ4v) is 1.31. The van der Waals surface area contributed by atoms with Crippen molar-refractivity contribution in [3.8, 4) is 5.75 Å². The molecule has 0 bridgehead atoms. The molecule has 0 aromatic carbocycles. The normalized spacial score (nSPS) is 10.4. The van der Waals surface area contributed by atoms with Crippen molar-refractivity contribution in [2.24, 2.45) is 0 Å². The third-order valence-electron chi connectivity index (χ3n) is 2.08. The molecule has 2 aromatic heterocycles. The predicted molar refractivity (Wildman–Crippen MR) is 55.7 cm³/mol. The van der Waals surface area contributed by atoms with E-state index in [0.29, 0.717) is 17.2 Å². The molecule has 0 spiro atoms. The summed E-state index contributed by atoms with van der Waals surface area (Å²) >= 11 is 0. The molecule has 0 fully saturated rings. The average molecular weight is 220 g/mol. The Morgan fingerprint density at radius 3 is 2.94 bits per heavy atom. The molecule has 5 nitrogen and oxygen atoms in total. The molecule has 0 aliphatic carbocycles. The molecule has 1 N–H and O–H groups in total. The van der Waals surface area contributed by atoms with Gasteiger partial charge in [-0.15, -0.1) is 0 Å². The smallest absolute Gasteiger partial charge is 0.174 e.